The van der Waals surface area contributed by atoms with Gasteiger partial charge < -0.3 is 10.4 Å². The number of aliphatic hydroxyl groups excluding tert-OH is 1. The van der Waals surface area contributed by atoms with Crippen LogP contribution in [0.5, 0.6) is 0 Å². The number of amides is 1. The van der Waals surface area contributed by atoms with E-state index in [2.05, 4.69) is 11.4 Å². The molecule has 0 saturated heterocycles. The van der Waals surface area contributed by atoms with Crippen molar-refractivity contribution in [2.45, 2.75) is 57.5 Å². The van der Waals surface area contributed by atoms with Crippen molar-refractivity contribution in [1.82, 2.24) is 5.32 Å². The number of carbonyl (C=O) groups is 1. The SMILES string of the molecule is N#CC1(C(=O)NC[C@]2(Cc3ccc(F)cc3)CCC[C@@H]2O)CCCC1. The molecule has 0 aromatic heterocycles. The highest BCUT2D eigenvalue weighted by atomic mass is 19.1. The summed E-state index contributed by atoms with van der Waals surface area (Å²) in [4.78, 5) is 12.6. The van der Waals surface area contributed by atoms with E-state index in [1.54, 1.807) is 12.1 Å². The van der Waals surface area contributed by atoms with Gasteiger partial charge in [-0.2, -0.15) is 5.26 Å². The Morgan fingerprint density at radius 2 is 1.92 bits per heavy atom. The Morgan fingerprint density at radius 1 is 1.24 bits per heavy atom. The molecule has 134 valence electrons. The fourth-order valence-electron chi connectivity index (χ4n) is 4.40. The second kappa shape index (κ2) is 7.13. The van der Waals surface area contributed by atoms with Crippen molar-refractivity contribution in [3.05, 3.63) is 35.6 Å². The van der Waals surface area contributed by atoms with E-state index < -0.39 is 16.9 Å². The highest BCUT2D eigenvalue weighted by molar-refractivity contribution is 5.85. The maximum absolute atomic E-state index is 13.1. The van der Waals surface area contributed by atoms with Gasteiger partial charge in [0, 0.05) is 12.0 Å². The van der Waals surface area contributed by atoms with Crippen molar-refractivity contribution in [2.75, 3.05) is 6.54 Å². The molecule has 4 nitrogen and oxygen atoms in total. The zero-order chi connectivity index (χ0) is 17.9. The van der Waals surface area contributed by atoms with Crippen molar-refractivity contribution in [1.29, 1.82) is 5.26 Å². The normalized spacial score (nSPS) is 27.8. The Balaban J connectivity index is 1.72. The molecule has 2 atom stereocenters. The smallest absolute Gasteiger partial charge is 0.240 e. The number of hydrogen-bond donors (Lipinski definition) is 2. The van der Waals surface area contributed by atoms with Crippen LogP contribution < -0.4 is 5.32 Å². The number of benzene rings is 1. The van der Waals surface area contributed by atoms with E-state index in [0.717, 1.165) is 31.2 Å². The summed E-state index contributed by atoms with van der Waals surface area (Å²) >= 11 is 0. The largest absolute Gasteiger partial charge is 0.392 e. The zero-order valence-electron chi connectivity index (χ0n) is 14.4. The summed E-state index contributed by atoms with van der Waals surface area (Å²) in [5, 5.41) is 23.0. The Hall–Kier alpha value is -1.93. The van der Waals surface area contributed by atoms with Gasteiger partial charge in [-0.05, 0) is 49.8 Å². The summed E-state index contributed by atoms with van der Waals surface area (Å²) in [7, 11) is 0. The molecule has 2 N–H and O–H groups in total. The third kappa shape index (κ3) is 3.55. The number of hydrogen-bond acceptors (Lipinski definition) is 3. The van der Waals surface area contributed by atoms with Crippen LogP contribution in [0.3, 0.4) is 0 Å². The lowest BCUT2D eigenvalue weighted by atomic mass is 9.77. The molecule has 0 bridgehead atoms. The van der Waals surface area contributed by atoms with Gasteiger partial charge in [0.05, 0.1) is 12.2 Å². The first-order valence-corrected chi connectivity index (χ1v) is 9.12. The number of rotatable bonds is 5. The van der Waals surface area contributed by atoms with Crippen LogP contribution in [0.2, 0.25) is 0 Å². The quantitative estimate of drug-likeness (QED) is 0.862. The first kappa shape index (κ1) is 17.9. The molecule has 0 radical (unpaired) electrons. The molecular weight excluding hydrogens is 319 g/mol. The highest BCUT2D eigenvalue weighted by Crippen LogP contribution is 2.42. The van der Waals surface area contributed by atoms with Gasteiger partial charge in [0.1, 0.15) is 11.2 Å². The van der Waals surface area contributed by atoms with Gasteiger partial charge in [0.15, 0.2) is 0 Å². The van der Waals surface area contributed by atoms with Gasteiger partial charge in [-0.3, -0.25) is 4.79 Å². The lowest BCUT2D eigenvalue weighted by Gasteiger charge is -2.34. The summed E-state index contributed by atoms with van der Waals surface area (Å²) in [6.07, 6.45) is 5.56. The molecule has 1 aromatic rings. The number of nitriles is 1. The van der Waals surface area contributed by atoms with Crippen molar-refractivity contribution in [3.8, 4) is 6.07 Å². The van der Waals surface area contributed by atoms with E-state index in [4.69, 9.17) is 0 Å². The first-order valence-electron chi connectivity index (χ1n) is 9.12. The number of nitrogens with zero attached hydrogens (tertiary/aromatic N) is 1. The molecule has 0 heterocycles. The van der Waals surface area contributed by atoms with Gasteiger partial charge in [0.25, 0.3) is 0 Å². The second-order valence-electron chi connectivity index (χ2n) is 7.66. The van der Waals surface area contributed by atoms with E-state index in [9.17, 15) is 19.6 Å². The molecule has 2 saturated carbocycles. The third-order valence-electron chi connectivity index (χ3n) is 6.04. The number of aliphatic hydroxyl groups is 1. The third-order valence-corrected chi connectivity index (χ3v) is 6.04. The van der Waals surface area contributed by atoms with Gasteiger partial charge >= 0.3 is 0 Å². The Kier molecular flexibility index (Phi) is 5.10. The molecule has 0 spiro atoms. The van der Waals surface area contributed by atoms with Crippen LogP contribution in [-0.2, 0) is 11.2 Å². The van der Waals surface area contributed by atoms with Crippen molar-refractivity contribution in [2.24, 2.45) is 10.8 Å². The summed E-state index contributed by atoms with van der Waals surface area (Å²) in [6.45, 7) is 0.355. The molecule has 25 heavy (non-hydrogen) atoms. The fourth-order valence-corrected chi connectivity index (χ4v) is 4.40. The number of carbonyl (C=O) groups excluding carboxylic acids is 1. The standard InChI is InChI=1S/C20H25FN2O2/c21-16-7-5-15(6-8-16)12-20(11-3-4-17(20)24)14-23-18(25)19(13-22)9-1-2-10-19/h5-8,17,24H,1-4,9-12,14H2,(H,23,25)/t17-,20+/m0/s1. The monoisotopic (exact) mass is 344 g/mol. The van der Waals surface area contributed by atoms with E-state index in [1.165, 1.54) is 12.1 Å². The fraction of sp³-hybridized carbons (Fsp3) is 0.600. The van der Waals surface area contributed by atoms with Gasteiger partial charge in [-0.1, -0.05) is 31.4 Å². The first-order chi connectivity index (χ1) is 12.0. The molecule has 1 amide bonds. The van der Waals surface area contributed by atoms with E-state index >= 15 is 0 Å². The Bertz CT molecular complexity index is 661. The van der Waals surface area contributed by atoms with E-state index in [-0.39, 0.29) is 11.7 Å². The number of halogens is 1. The molecule has 2 fully saturated rings. The van der Waals surface area contributed by atoms with Crippen LogP contribution in [-0.4, -0.2) is 23.7 Å². The second-order valence-corrected chi connectivity index (χ2v) is 7.66. The predicted octanol–water partition coefficient (Wildman–Crippen LogP) is 3.10. The average molecular weight is 344 g/mol. The molecule has 2 aliphatic carbocycles. The van der Waals surface area contributed by atoms with Crippen LogP contribution in [0, 0.1) is 28.0 Å². The van der Waals surface area contributed by atoms with E-state index in [1.807, 2.05) is 0 Å². The maximum atomic E-state index is 13.1. The van der Waals surface area contributed by atoms with Crippen LogP contribution in [0.15, 0.2) is 24.3 Å². The topological polar surface area (TPSA) is 73.1 Å². The van der Waals surface area contributed by atoms with Crippen LogP contribution in [0.25, 0.3) is 0 Å². The maximum Gasteiger partial charge on any atom is 0.240 e. The molecule has 1 aromatic carbocycles. The average Bonchev–Trinajstić information content (AvgIpc) is 3.24. The zero-order valence-corrected chi connectivity index (χ0v) is 14.4. The lowest BCUT2D eigenvalue weighted by Crippen LogP contribution is -2.47. The minimum absolute atomic E-state index is 0.204. The summed E-state index contributed by atoms with van der Waals surface area (Å²) < 4.78 is 13.1. The Labute approximate surface area is 148 Å². The molecule has 0 aliphatic heterocycles. The minimum Gasteiger partial charge on any atom is -0.392 e. The predicted molar refractivity (Wildman–Crippen MR) is 91.9 cm³/mol. The van der Waals surface area contributed by atoms with Crippen molar-refractivity contribution >= 4 is 5.91 Å². The van der Waals surface area contributed by atoms with Gasteiger partial charge in [0.2, 0.25) is 5.91 Å². The van der Waals surface area contributed by atoms with Crippen molar-refractivity contribution in [3.63, 3.8) is 0 Å². The highest BCUT2D eigenvalue weighted by Gasteiger charge is 2.45. The molecule has 0 unspecified atom stereocenters. The van der Waals surface area contributed by atoms with Crippen LogP contribution in [0.4, 0.5) is 4.39 Å². The molecule has 2 aliphatic rings. The van der Waals surface area contributed by atoms with Gasteiger partial charge in [-0.15, -0.1) is 0 Å². The van der Waals surface area contributed by atoms with Gasteiger partial charge in [-0.25, -0.2) is 4.39 Å². The Morgan fingerprint density at radius 3 is 2.48 bits per heavy atom. The lowest BCUT2D eigenvalue weighted by molar-refractivity contribution is -0.128. The summed E-state index contributed by atoms with van der Waals surface area (Å²) in [5.41, 5.74) is -0.393. The minimum atomic E-state index is -0.902. The van der Waals surface area contributed by atoms with Crippen LogP contribution in [0.1, 0.15) is 50.5 Å². The summed E-state index contributed by atoms with van der Waals surface area (Å²) in [5.74, 6) is -0.486. The number of nitrogens with one attached hydrogen (secondary N) is 1. The van der Waals surface area contributed by atoms with Crippen LogP contribution >= 0.6 is 0 Å². The molecular formula is C20H25FN2O2. The summed E-state index contributed by atoms with van der Waals surface area (Å²) in [6, 6.07) is 8.53. The van der Waals surface area contributed by atoms with E-state index in [0.29, 0.717) is 32.2 Å². The van der Waals surface area contributed by atoms with Crippen molar-refractivity contribution < 1.29 is 14.3 Å². The molecule has 3 rings (SSSR count). The molecule has 5 heteroatoms.